The third kappa shape index (κ3) is 3.10. The van der Waals surface area contributed by atoms with E-state index in [2.05, 4.69) is 5.32 Å². The van der Waals surface area contributed by atoms with Crippen LogP contribution in [-0.4, -0.2) is 38.4 Å². The summed E-state index contributed by atoms with van der Waals surface area (Å²) < 4.78 is 39.5. The Morgan fingerprint density at radius 1 is 1.50 bits per heavy atom. The molecule has 110 valence electrons. The highest BCUT2D eigenvalue weighted by molar-refractivity contribution is 7.89. The zero-order chi connectivity index (χ0) is 14.0. The van der Waals surface area contributed by atoms with E-state index in [4.69, 9.17) is 5.26 Å². The van der Waals surface area contributed by atoms with Crippen molar-refractivity contribution in [2.75, 3.05) is 19.6 Å². The van der Waals surface area contributed by atoms with Crippen LogP contribution in [-0.2, 0) is 10.0 Å². The van der Waals surface area contributed by atoms with Gasteiger partial charge in [-0.2, -0.15) is 9.57 Å². The van der Waals surface area contributed by atoms with Gasteiger partial charge in [0.25, 0.3) is 0 Å². The van der Waals surface area contributed by atoms with Crippen molar-refractivity contribution in [3.8, 4) is 6.07 Å². The van der Waals surface area contributed by atoms with Gasteiger partial charge in [-0.3, -0.25) is 0 Å². The van der Waals surface area contributed by atoms with Crippen molar-refractivity contribution in [3.63, 3.8) is 0 Å². The molecule has 5 nitrogen and oxygen atoms in total. The molecule has 1 aliphatic heterocycles. The van der Waals surface area contributed by atoms with Crippen LogP contribution in [0.4, 0.5) is 4.39 Å². The second-order valence-corrected chi connectivity index (χ2v) is 6.31. The molecule has 1 heterocycles. The molecule has 2 rings (SSSR count). The molecule has 0 aliphatic carbocycles. The first kappa shape index (κ1) is 16.9. The van der Waals surface area contributed by atoms with E-state index in [1.807, 2.05) is 0 Å². The number of sulfonamides is 1. The molecule has 1 saturated heterocycles. The van der Waals surface area contributed by atoms with Gasteiger partial charge in [0, 0.05) is 25.7 Å². The quantitative estimate of drug-likeness (QED) is 0.886. The lowest BCUT2D eigenvalue weighted by molar-refractivity contribution is 0.284. The summed E-state index contributed by atoms with van der Waals surface area (Å²) in [5, 5.41) is 11.9. The Kier molecular flexibility index (Phi) is 5.48. The smallest absolute Gasteiger partial charge is 0.243 e. The molecule has 1 aliphatic rings. The second-order valence-electron chi connectivity index (χ2n) is 4.42. The third-order valence-corrected chi connectivity index (χ3v) is 5.11. The number of hydrogen-bond donors (Lipinski definition) is 1. The summed E-state index contributed by atoms with van der Waals surface area (Å²) in [4.78, 5) is -0.0424. The third-order valence-electron chi connectivity index (χ3n) is 3.11. The first-order valence-electron chi connectivity index (χ1n) is 5.89. The highest BCUT2D eigenvalue weighted by Gasteiger charge is 2.31. The molecule has 1 unspecified atom stereocenters. The van der Waals surface area contributed by atoms with Crippen LogP contribution in [0.25, 0.3) is 0 Å². The van der Waals surface area contributed by atoms with E-state index in [1.54, 1.807) is 13.0 Å². The molecule has 8 heteroatoms. The fourth-order valence-corrected chi connectivity index (χ4v) is 3.72. The lowest BCUT2D eigenvalue weighted by Crippen LogP contribution is -2.52. The van der Waals surface area contributed by atoms with Crippen LogP contribution >= 0.6 is 12.4 Å². The molecular weight excluding hydrogens is 305 g/mol. The van der Waals surface area contributed by atoms with Crippen molar-refractivity contribution in [1.29, 1.82) is 5.26 Å². The number of nitriles is 1. The first-order chi connectivity index (χ1) is 8.96. The fraction of sp³-hybridized carbons (Fsp3) is 0.417. The molecule has 0 aromatic heterocycles. The molecule has 0 amide bonds. The lowest BCUT2D eigenvalue weighted by atomic mass is 10.2. The van der Waals surface area contributed by atoms with Crippen molar-refractivity contribution in [3.05, 3.63) is 29.6 Å². The van der Waals surface area contributed by atoms with Crippen molar-refractivity contribution in [2.24, 2.45) is 0 Å². The molecule has 1 N–H and O–H groups in total. The maximum absolute atomic E-state index is 13.2. The molecule has 0 bridgehead atoms. The Morgan fingerprint density at radius 2 is 2.20 bits per heavy atom. The van der Waals surface area contributed by atoms with Gasteiger partial charge in [0.2, 0.25) is 10.0 Å². The summed E-state index contributed by atoms with van der Waals surface area (Å²) in [6.07, 6.45) is 0. The maximum atomic E-state index is 13.2. The molecule has 1 fully saturated rings. The van der Waals surface area contributed by atoms with E-state index in [9.17, 15) is 12.8 Å². The number of halogens is 2. The highest BCUT2D eigenvalue weighted by atomic mass is 35.5. The summed E-state index contributed by atoms with van der Waals surface area (Å²) in [5.74, 6) is -0.713. The van der Waals surface area contributed by atoms with Crippen molar-refractivity contribution < 1.29 is 12.8 Å². The summed E-state index contributed by atoms with van der Waals surface area (Å²) in [7, 11) is -3.69. The van der Waals surface area contributed by atoms with E-state index in [1.165, 1.54) is 10.4 Å². The van der Waals surface area contributed by atoms with Gasteiger partial charge in [0.1, 0.15) is 11.9 Å². The maximum Gasteiger partial charge on any atom is 0.243 e. The van der Waals surface area contributed by atoms with Gasteiger partial charge in [0.05, 0.1) is 10.5 Å². The molecule has 0 radical (unpaired) electrons. The topological polar surface area (TPSA) is 73.2 Å². The number of hydrogen-bond acceptors (Lipinski definition) is 4. The zero-order valence-electron chi connectivity index (χ0n) is 10.8. The van der Waals surface area contributed by atoms with Crippen LogP contribution in [0, 0.1) is 17.1 Å². The monoisotopic (exact) mass is 319 g/mol. The van der Waals surface area contributed by atoms with Crippen LogP contribution in [0.3, 0.4) is 0 Å². The average molecular weight is 320 g/mol. The predicted molar refractivity (Wildman–Crippen MR) is 74.6 cm³/mol. The Morgan fingerprint density at radius 3 is 2.80 bits per heavy atom. The molecule has 1 atom stereocenters. The van der Waals surface area contributed by atoms with E-state index in [0.29, 0.717) is 19.6 Å². The van der Waals surface area contributed by atoms with Crippen molar-refractivity contribution >= 4 is 22.4 Å². The predicted octanol–water partition coefficient (Wildman–Crippen LogP) is 1.10. The van der Waals surface area contributed by atoms with Crippen LogP contribution in [0.1, 0.15) is 12.5 Å². The van der Waals surface area contributed by atoms with Gasteiger partial charge < -0.3 is 5.32 Å². The Balaban J connectivity index is 0.00000200. The van der Waals surface area contributed by atoms with Gasteiger partial charge in [-0.15, -0.1) is 12.4 Å². The lowest BCUT2D eigenvalue weighted by Gasteiger charge is -2.32. The molecular formula is C12H15ClFN3O2S. The van der Waals surface area contributed by atoms with Crippen molar-refractivity contribution in [2.45, 2.75) is 17.9 Å². The normalized spacial score (nSPS) is 19.9. The zero-order valence-corrected chi connectivity index (χ0v) is 12.5. The van der Waals surface area contributed by atoms with Gasteiger partial charge in [-0.25, -0.2) is 12.8 Å². The fourth-order valence-electron chi connectivity index (χ4n) is 2.07. The first-order valence-corrected chi connectivity index (χ1v) is 7.33. The number of piperazine rings is 1. The summed E-state index contributed by atoms with van der Waals surface area (Å²) in [6, 6.07) is 4.77. The van der Waals surface area contributed by atoms with Gasteiger partial charge in [-0.1, -0.05) is 0 Å². The Labute approximate surface area is 123 Å². The SMILES string of the molecule is CC1CNCCN1S(=O)(=O)c1ccc(F)c(C#N)c1.Cl. The highest BCUT2D eigenvalue weighted by Crippen LogP contribution is 2.21. The van der Waals surface area contributed by atoms with Gasteiger partial charge in [0.15, 0.2) is 0 Å². The standard InChI is InChI=1S/C12H14FN3O2S.ClH/c1-9-8-15-4-5-16(9)19(17,18)11-2-3-12(13)10(6-11)7-14;/h2-3,6,9,15H,4-5,8H2,1H3;1H. The minimum Gasteiger partial charge on any atom is -0.314 e. The minimum atomic E-state index is -3.69. The van der Waals surface area contributed by atoms with Gasteiger partial charge >= 0.3 is 0 Å². The molecule has 0 saturated carbocycles. The van der Waals surface area contributed by atoms with Crippen LogP contribution in [0.15, 0.2) is 23.1 Å². The largest absolute Gasteiger partial charge is 0.314 e. The summed E-state index contributed by atoms with van der Waals surface area (Å²) in [5.41, 5.74) is -0.260. The second kappa shape index (κ2) is 6.50. The van der Waals surface area contributed by atoms with E-state index in [0.717, 1.165) is 12.1 Å². The van der Waals surface area contributed by atoms with E-state index >= 15 is 0 Å². The van der Waals surface area contributed by atoms with Crippen molar-refractivity contribution in [1.82, 2.24) is 9.62 Å². The van der Waals surface area contributed by atoms with Crippen LogP contribution in [0.5, 0.6) is 0 Å². The number of nitrogens with zero attached hydrogens (tertiary/aromatic N) is 2. The van der Waals surface area contributed by atoms with Crippen LogP contribution < -0.4 is 5.32 Å². The number of benzene rings is 1. The van der Waals surface area contributed by atoms with E-state index < -0.39 is 15.8 Å². The minimum absolute atomic E-state index is 0. The molecule has 0 spiro atoms. The average Bonchev–Trinajstić information content (AvgIpc) is 2.39. The number of nitrogens with one attached hydrogen (secondary N) is 1. The Hall–Kier alpha value is -1.20. The van der Waals surface area contributed by atoms with Gasteiger partial charge in [-0.05, 0) is 25.1 Å². The van der Waals surface area contributed by atoms with E-state index in [-0.39, 0.29) is 28.9 Å². The molecule has 1 aromatic carbocycles. The summed E-state index contributed by atoms with van der Waals surface area (Å²) in [6.45, 7) is 3.32. The number of rotatable bonds is 2. The Bertz CT molecular complexity index is 630. The van der Waals surface area contributed by atoms with Crippen LogP contribution in [0.2, 0.25) is 0 Å². The molecule has 1 aromatic rings. The summed E-state index contributed by atoms with van der Waals surface area (Å²) >= 11 is 0. The molecule has 20 heavy (non-hydrogen) atoms.